The van der Waals surface area contributed by atoms with E-state index in [0.717, 1.165) is 5.56 Å². The molecule has 3 aromatic rings. The van der Waals surface area contributed by atoms with Crippen LogP contribution in [0, 0.1) is 0 Å². The second kappa shape index (κ2) is 6.91. The minimum absolute atomic E-state index is 0.0110. The number of sulfonamides is 1. The van der Waals surface area contributed by atoms with Crippen molar-refractivity contribution in [1.29, 1.82) is 0 Å². The maximum atomic E-state index is 13.3. The van der Waals surface area contributed by atoms with Crippen LogP contribution in [-0.2, 0) is 15.4 Å². The van der Waals surface area contributed by atoms with E-state index in [1.807, 2.05) is 49.4 Å². The van der Waals surface area contributed by atoms with Crippen LogP contribution in [0.1, 0.15) is 29.3 Å². The first kappa shape index (κ1) is 18.4. The summed E-state index contributed by atoms with van der Waals surface area (Å²) in [5.74, 6) is 0.0110. The van der Waals surface area contributed by atoms with E-state index in [1.54, 1.807) is 42.5 Å². The highest BCUT2D eigenvalue weighted by Gasteiger charge is 2.44. The van der Waals surface area contributed by atoms with Gasteiger partial charge < -0.3 is 0 Å². The summed E-state index contributed by atoms with van der Waals surface area (Å²) in [6.07, 6.45) is 0.245. The van der Waals surface area contributed by atoms with Crippen LogP contribution >= 0.6 is 0 Å². The van der Waals surface area contributed by atoms with Gasteiger partial charge in [0.05, 0.1) is 10.6 Å². The highest BCUT2D eigenvalue weighted by atomic mass is 32.2. The van der Waals surface area contributed by atoms with Crippen molar-refractivity contribution < 1.29 is 13.2 Å². The molecule has 0 fully saturated rings. The summed E-state index contributed by atoms with van der Waals surface area (Å²) in [7, 11) is -3.70. The Labute approximate surface area is 165 Å². The smallest absolute Gasteiger partial charge is 0.264 e. The van der Waals surface area contributed by atoms with Gasteiger partial charge in [0.25, 0.3) is 10.0 Å². The van der Waals surface area contributed by atoms with Crippen LogP contribution in [-0.4, -0.2) is 20.7 Å². The van der Waals surface area contributed by atoms with Gasteiger partial charge in [-0.3, -0.25) is 9.10 Å². The zero-order valence-electron chi connectivity index (χ0n) is 15.6. The molecular formula is C23H21NO3S. The van der Waals surface area contributed by atoms with E-state index in [1.165, 1.54) is 4.31 Å². The van der Waals surface area contributed by atoms with E-state index in [-0.39, 0.29) is 23.6 Å². The van der Waals surface area contributed by atoms with Crippen LogP contribution in [0.4, 0.5) is 5.69 Å². The minimum atomic E-state index is -3.70. The maximum Gasteiger partial charge on any atom is 0.264 e. The fourth-order valence-corrected chi connectivity index (χ4v) is 5.48. The van der Waals surface area contributed by atoms with Gasteiger partial charge in [0, 0.05) is 23.9 Å². The van der Waals surface area contributed by atoms with Crippen molar-refractivity contribution in [3.05, 3.63) is 96.1 Å². The van der Waals surface area contributed by atoms with Crippen molar-refractivity contribution in [3.63, 3.8) is 0 Å². The number of fused-ring (bicyclic) bond motifs is 1. The largest absolute Gasteiger partial charge is 0.294 e. The molecule has 4 rings (SSSR count). The lowest BCUT2D eigenvalue weighted by molar-refractivity contribution is 0.0957. The number of hydrogen-bond donors (Lipinski definition) is 0. The predicted molar refractivity (Wildman–Crippen MR) is 110 cm³/mol. The standard InChI is InChI=1S/C23H21NO3S/c1-23(16-22(25)18-10-4-2-5-11-18)17-24(21-15-9-8-14-20(21)23)28(26,27)19-12-6-3-7-13-19/h2-15H,16-17H2,1H3. The number of rotatable bonds is 5. The molecule has 142 valence electrons. The van der Waals surface area contributed by atoms with Crippen molar-refractivity contribution in [2.75, 3.05) is 10.8 Å². The number of benzene rings is 3. The molecule has 0 aromatic heterocycles. The summed E-state index contributed by atoms with van der Waals surface area (Å²) in [5, 5.41) is 0. The van der Waals surface area contributed by atoms with Gasteiger partial charge in [0.2, 0.25) is 0 Å². The molecule has 5 heteroatoms. The molecule has 0 amide bonds. The molecule has 1 unspecified atom stereocenters. The molecule has 0 N–H and O–H groups in total. The zero-order chi connectivity index (χ0) is 19.8. The Morgan fingerprint density at radius 1 is 0.893 bits per heavy atom. The average molecular weight is 391 g/mol. The number of ketones is 1. The number of para-hydroxylation sites is 1. The molecule has 1 aliphatic heterocycles. The Bertz CT molecular complexity index is 1110. The Hall–Kier alpha value is -2.92. The molecule has 0 aliphatic carbocycles. The Morgan fingerprint density at radius 2 is 1.46 bits per heavy atom. The van der Waals surface area contributed by atoms with Crippen LogP contribution in [0.5, 0.6) is 0 Å². The summed E-state index contributed by atoms with van der Waals surface area (Å²) < 4.78 is 28.0. The Kier molecular flexibility index (Phi) is 4.55. The van der Waals surface area contributed by atoms with Crippen LogP contribution in [0.25, 0.3) is 0 Å². The summed E-state index contributed by atoms with van der Waals surface area (Å²) in [4.78, 5) is 13.1. The predicted octanol–water partition coefficient (Wildman–Crippen LogP) is 4.43. The lowest BCUT2D eigenvalue weighted by Gasteiger charge is -2.25. The van der Waals surface area contributed by atoms with Crippen molar-refractivity contribution in [1.82, 2.24) is 0 Å². The first-order chi connectivity index (χ1) is 13.4. The van der Waals surface area contributed by atoms with Crippen LogP contribution in [0.2, 0.25) is 0 Å². The van der Waals surface area contributed by atoms with Crippen molar-refractivity contribution in [2.24, 2.45) is 0 Å². The molecular weight excluding hydrogens is 370 g/mol. The van der Waals surface area contributed by atoms with E-state index >= 15 is 0 Å². The van der Waals surface area contributed by atoms with E-state index in [2.05, 4.69) is 0 Å². The highest BCUT2D eigenvalue weighted by Crippen LogP contribution is 2.45. The molecule has 1 heterocycles. The fourth-order valence-electron chi connectivity index (χ4n) is 3.85. The number of hydrogen-bond acceptors (Lipinski definition) is 3. The third kappa shape index (κ3) is 3.12. The molecule has 0 bridgehead atoms. The van der Waals surface area contributed by atoms with Gasteiger partial charge in [0.1, 0.15) is 0 Å². The van der Waals surface area contributed by atoms with Crippen LogP contribution < -0.4 is 4.31 Å². The molecule has 1 atom stereocenters. The molecule has 0 saturated carbocycles. The van der Waals surface area contributed by atoms with Crippen molar-refractivity contribution in [2.45, 2.75) is 23.7 Å². The van der Waals surface area contributed by atoms with Gasteiger partial charge in [-0.2, -0.15) is 0 Å². The number of carbonyl (C=O) groups excluding carboxylic acids is 1. The molecule has 1 aliphatic rings. The number of Topliss-reactive ketones (excluding diaryl/α,β-unsaturated/α-hetero) is 1. The van der Waals surface area contributed by atoms with Gasteiger partial charge in [-0.05, 0) is 23.8 Å². The zero-order valence-corrected chi connectivity index (χ0v) is 16.4. The number of anilines is 1. The molecule has 3 aromatic carbocycles. The van der Waals surface area contributed by atoms with Crippen LogP contribution in [0.15, 0.2) is 89.8 Å². The third-order valence-corrected chi connectivity index (χ3v) is 7.07. The average Bonchev–Trinajstić information content (AvgIpc) is 3.03. The summed E-state index contributed by atoms with van der Waals surface area (Å²) in [6, 6.07) is 25.0. The fraction of sp³-hybridized carbons (Fsp3) is 0.174. The van der Waals surface area contributed by atoms with Crippen molar-refractivity contribution in [3.8, 4) is 0 Å². The topological polar surface area (TPSA) is 54.5 Å². The highest BCUT2D eigenvalue weighted by molar-refractivity contribution is 7.92. The summed E-state index contributed by atoms with van der Waals surface area (Å²) in [5.41, 5.74) is 1.59. The van der Waals surface area contributed by atoms with Gasteiger partial charge in [-0.15, -0.1) is 0 Å². The monoisotopic (exact) mass is 391 g/mol. The van der Waals surface area contributed by atoms with Crippen LogP contribution in [0.3, 0.4) is 0 Å². The summed E-state index contributed by atoms with van der Waals surface area (Å²) >= 11 is 0. The molecule has 0 spiro atoms. The molecule has 4 nitrogen and oxygen atoms in total. The van der Waals surface area contributed by atoms with E-state index < -0.39 is 15.4 Å². The normalized spacial score (nSPS) is 18.7. The third-order valence-electron chi connectivity index (χ3n) is 5.29. The Morgan fingerprint density at radius 3 is 2.14 bits per heavy atom. The van der Waals surface area contributed by atoms with Gasteiger partial charge in [-0.25, -0.2) is 8.42 Å². The van der Waals surface area contributed by atoms with E-state index in [4.69, 9.17) is 0 Å². The van der Waals surface area contributed by atoms with E-state index in [0.29, 0.717) is 11.3 Å². The van der Waals surface area contributed by atoms with Gasteiger partial charge >= 0.3 is 0 Å². The molecule has 0 radical (unpaired) electrons. The van der Waals surface area contributed by atoms with Crippen molar-refractivity contribution >= 4 is 21.5 Å². The summed E-state index contributed by atoms with van der Waals surface area (Å²) in [6.45, 7) is 2.20. The lowest BCUT2D eigenvalue weighted by atomic mass is 9.79. The molecule has 0 saturated heterocycles. The van der Waals surface area contributed by atoms with Gasteiger partial charge in [0.15, 0.2) is 5.78 Å². The maximum absolute atomic E-state index is 13.3. The SMILES string of the molecule is CC1(CC(=O)c2ccccc2)CN(S(=O)(=O)c2ccccc2)c2ccccc21. The van der Waals surface area contributed by atoms with E-state index in [9.17, 15) is 13.2 Å². The lowest BCUT2D eigenvalue weighted by Crippen LogP contribution is -2.36. The minimum Gasteiger partial charge on any atom is -0.294 e. The second-order valence-corrected chi connectivity index (χ2v) is 9.23. The first-order valence-corrected chi connectivity index (χ1v) is 10.6. The number of carbonyl (C=O) groups is 1. The first-order valence-electron chi connectivity index (χ1n) is 9.17. The second-order valence-electron chi connectivity index (χ2n) is 7.37. The number of nitrogens with zero attached hydrogens (tertiary/aromatic N) is 1. The molecule has 28 heavy (non-hydrogen) atoms. The quantitative estimate of drug-likeness (QED) is 0.605. The van der Waals surface area contributed by atoms with Gasteiger partial charge in [-0.1, -0.05) is 73.7 Å². The Balaban J connectivity index is 1.73.